The van der Waals surface area contributed by atoms with Gasteiger partial charge in [0.2, 0.25) is 0 Å². The zero-order valence-corrected chi connectivity index (χ0v) is 14.1. The smallest absolute Gasteiger partial charge is 0.272 e. The molecule has 2 atom stereocenters. The number of nitrogens with one attached hydrogen (secondary N) is 2. The number of ether oxygens (including phenoxy) is 1. The number of nitrogens with zero attached hydrogens (tertiary/aromatic N) is 2. The minimum atomic E-state index is -0.135. The molecular weight excluding hydrogens is 304 g/mol. The fourth-order valence-electron chi connectivity index (χ4n) is 3.84. The van der Waals surface area contributed by atoms with Gasteiger partial charge in [0.1, 0.15) is 0 Å². The third-order valence-corrected chi connectivity index (χ3v) is 5.00. The van der Waals surface area contributed by atoms with Crippen LogP contribution in [0.2, 0.25) is 0 Å². The number of hydrogen-bond acceptors (Lipinski definition) is 4. The van der Waals surface area contributed by atoms with Crippen LogP contribution in [0, 0.1) is 0 Å². The van der Waals surface area contributed by atoms with Gasteiger partial charge in [-0.3, -0.25) is 14.9 Å². The molecule has 2 aliphatic rings. The van der Waals surface area contributed by atoms with Gasteiger partial charge in [0.15, 0.2) is 5.69 Å². The molecule has 0 bridgehead atoms. The van der Waals surface area contributed by atoms with Gasteiger partial charge in [-0.2, -0.15) is 5.10 Å². The van der Waals surface area contributed by atoms with Crippen molar-refractivity contribution < 1.29 is 9.53 Å². The molecule has 1 aliphatic carbocycles. The van der Waals surface area contributed by atoms with Crippen molar-refractivity contribution in [2.75, 3.05) is 0 Å². The molecule has 0 spiro atoms. The molecule has 2 aromatic rings. The van der Waals surface area contributed by atoms with E-state index in [9.17, 15) is 4.79 Å². The summed E-state index contributed by atoms with van der Waals surface area (Å²) >= 11 is 0. The maximum absolute atomic E-state index is 12.6. The van der Waals surface area contributed by atoms with E-state index in [-0.39, 0.29) is 18.1 Å². The van der Waals surface area contributed by atoms with Crippen molar-refractivity contribution in [3.05, 3.63) is 46.0 Å². The van der Waals surface area contributed by atoms with Crippen molar-refractivity contribution in [2.45, 2.75) is 58.3 Å². The maximum Gasteiger partial charge on any atom is 0.272 e. The Balaban J connectivity index is 1.51. The average Bonchev–Trinajstić information content (AvgIpc) is 3.19. The molecule has 2 N–H and O–H groups in total. The van der Waals surface area contributed by atoms with E-state index in [4.69, 9.17) is 4.74 Å². The summed E-state index contributed by atoms with van der Waals surface area (Å²) in [5, 5.41) is 10.2. The quantitative estimate of drug-likeness (QED) is 0.906. The van der Waals surface area contributed by atoms with Gasteiger partial charge in [-0.05, 0) is 49.8 Å². The number of amides is 1. The first-order chi connectivity index (χ1) is 11.6. The van der Waals surface area contributed by atoms with Gasteiger partial charge >= 0.3 is 0 Å². The lowest BCUT2D eigenvalue weighted by molar-refractivity contribution is -0.00697. The molecule has 0 fully saturated rings. The predicted molar refractivity (Wildman–Crippen MR) is 88.7 cm³/mol. The number of hydrogen-bond donors (Lipinski definition) is 2. The van der Waals surface area contributed by atoms with Gasteiger partial charge in [-0.1, -0.05) is 0 Å². The van der Waals surface area contributed by atoms with Crippen LogP contribution in [-0.4, -0.2) is 27.2 Å². The van der Waals surface area contributed by atoms with E-state index in [1.54, 1.807) is 0 Å². The molecule has 4 rings (SSSR count). The summed E-state index contributed by atoms with van der Waals surface area (Å²) in [6.07, 6.45) is 7.90. The molecule has 0 saturated carbocycles. The topological polar surface area (TPSA) is 79.9 Å². The van der Waals surface area contributed by atoms with Crippen LogP contribution in [0.5, 0.6) is 0 Å². The highest BCUT2D eigenvalue weighted by Crippen LogP contribution is 2.30. The van der Waals surface area contributed by atoms with Gasteiger partial charge in [-0.25, -0.2) is 0 Å². The molecule has 24 heavy (non-hydrogen) atoms. The highest BCUT2D eigenvalue weighted by molar-refractivity contribution is 5.94. The second kappa shape index (κ2) is 6.02. The first-order valence-corrected chi connectivity index (χ1v) is 8.59. The normalized spacial score (nSPS) is 22.1. The summed E-state index contributed by atoms with van der Waals surface area (Å²) in [4.78, 5) is 16.9. The van der Waals surface area contributed by atoms with E-state index in [0.29, 0.717) is 18.7 Å². The number of aromatic nitrogens is 3. The van der Waals surface area contributed by atoms with Gasteiger partial charge in [0, 0.05) is 30.9 Å². The molecule has 1 aliphatic heterocycles. The summed E-state index contributed by atoms with van der Waals surface area (Å²) in [7, 11) is 0. The molecule has 6 nitrogen and oxygen atoms in total. The number of aromatic amines is 1. The predicted octanol–water partition coefficient (Wildman–Crippen LogP) is 2.25. The highest BCUT2D eigenvalue weighted by atomic mass is 16.5. The molecule has 0 saturated heterocycles. The van der Waals surface area contributed by atoms with E-state index in [1.165, 1.54) is 17.5 Å². The van der Waals surface area contributed by atoms with Crippen LogP contribution in [0.3, 0.4) is 0 Å². The van der Waals surface area contributed by atoms with Crippen LogP contribution in [-0.2, 0) is 30.5 Å². The average molecular weight is 326 g/mol. The Morgan fingerprint density at radius 2 is 2.21 bits per heavy atom. The fraction of sp³-hybridized carbons (Fsp3) is 0.500. The largest absolute Gasteiger partial charge is 0.369 e. The third kappa shape index (κ3) is 2.60. The lowest BCUT2D eigenvalue weighted by atomic mass is 9.99. The number of carbonyl (C=O) groups is 1. The van der Waals surface area contributed by atoms with Gasteiger partial charge < -0.3 is 10.1 Å². The molecule has 0 unspecified atom stereocenters. The molecule has 0 aromatic carbocycles. The lowest BCUT2D eigenvalue weighted by Crippen LogP contribution is -2.27. The third-order valence-electron chi connectivity index (χ3n) is 5.00. The zero-order chi connectivity index (χ0) is 16.7. The summed E-state index contributed by atoms with van der Waals surface area (Å²) < 4.78 is 5.77. The fourth-order valence-corrected chi connectivity index (χ4v) is 3.84. The number of aryl methyl sites for hydroxylation is 1. The Kier molecular flexibility index (Phi) is 3.84. The first kappa shape index (κ1) is 15.3. The first-order valence-electron chi connectivity index (χ1n) is 8.59. The number of fused-ring (bicyclic) bond motifs is 2. The Labute approximate surface area is 141 Å². The van der Waals surface area contributed by atoms with Crippen molar-refractivity contribution in [1.29, 1.82) is 0 Å². The summed E-state index contributed by atoms with van der Waals surface area (Å²) in [6, 6.07) is 0. The van der Waals surface area contributed by atoms with E-state index in [1.807, 2.05) is 26.2 Å². The second-order valence-electron chi connectivity index (χ2n) is 6.73. The van der Waals surface area contributed by atoms with Crippen LogP contribution >= 0.6 is 0 Å². The number of rotatable bonds is 3. The SMILES string of the molecule is C[C@@H]1Cc2c(C(=O)NCc3cncc4c3CCC4)n[nH]c2[C@H](C)O1. The van der Waals surface area contributed by atoms with Crippen molar-refractivity contribution in [1.82, 2.24) is 20.5 Å². The summed E-state index contributed by atoms with van der Waals surface area (Å²) in [5.74, 6) is -0.135. The molecule has 3 heterocycles. The van der Waals surface area contributed by atoms with Crippen LogP contribution in [0.25, 0.3) is 0 Å². The van der Waals surface area contributed by atoms with Crippen LogP contribution in [0.4, 0.5) is 0 Å². The molecule has 1 amide bonds. The number of H-pyrrole nitrogens is 1. The monoisotopic (exact) mass is 326 g/mol. The standard InChI is InChI=1S/C18H22N4O2/c1-10-6-15-16(11(2)24-10)21-22-17(15)18(23)20-9-13-8-19-7-12-4-3-5-14(12)13/h7-8,10-11H,3-6,9H2,1-2H3,(H,20,23)(H,21,22)/t10-,11+/m1/s1. The van der Waals surface area contributed by atoms with Crippen LogP contribution in [0.15, 0.2) is 12.4 Å². The lowest BCUT2D eigenvalue weighted by Gasteiger charge is -2.25. The van der Waals surface area contributed by atoms with Crippen molar-refractivity contribution >= 4 is 5.91 Å². The van der Waals surface area contributed by atoms with Crippen molar-refractivity contribution in [2.24, 2.45) is 0 Å². The number of carbonyl (C=O) groups excluding carboxylic acids is 1. The molecule has 2 aromatic heterocycles. The molecular formula is C18H22N4O2. The number of pyridine rings is 1. The molecule has 0 radical (unpaired) electrons. The van der Waals surface area contributed by atoms with Crippen molar-refractivity contribution in [3.8, 4) is 0 Å². The Morgan fingerprint density at radius 3 is 3.08 bits per heavy atom. The highest BCUT2D eigenvalue weighted by Gasteiger charge is 2.29. The van der Waals surface area contributed by atoms with E-state index in [2.05, 4.69) is 20.5 Å². The minimum Gasteiger partial charge on any atom is -0.369 e. The minimum absolute atomic E-state index is 0.0561. The molecule has 126 valence electrons. The Hall–Kier alpha value is -2.21. The van der Waals surface area contributed by atoms with Gasteiger partial charge in [0.25, 0.3) is 5.91 Å². The molecule has 6 heteroatoms. The zero-order valence-electron chi connectivity index (χ0n) is 14.1. The van der Waals surface area contributed by atoms with Gasteiger partial charge in [0.05, 0.1) is 17.9 Å². The summed E-state index contributed by atoms with van der Waals surface area (Å²) in [6.45, 7) is 4.50. The van der Waals surface area contributed by atoms with Crippen molar-refractivity contribution in [3.63, 3.8) is 0 Å². The Morgan fingerprint density at radius 1 is 1.33 bits per heavy atom. The van der Waals surface area contributed by atoms with Crippen LogP contribution < -0.4 is 5.32 Å². The second-order valence-corrected chi connectivity index (χ2v) is 6.73. The van der Waals surface area contributed by atoms with E-state index < -0.39 is 0 Å². The Bertz CT molecular complexity index is 783. The summed E-state index contributed by atoms with van der Waals surface area (Å²) in [5.41, 5.74) is 6.18. The maximum atomic E-state index is 12.6. The van der Waals surface area contributed by atoms with Crippen LogP contribution in [0.1, 0.15) is 64.8 Å². The van der Waals surface area contributed by atoms with Gasteiger partial charge in [-0.15, -0.1) is 0 Å². The van der Waals surface area contributed by atoms with E-state index in [0.717, 1.165) is 29.7 Å². The van der Waals surface area contributed by atoms with E-state index >= 15 is 0 Å².